The van der Waals surface area contributed by atoms with E-state index in [0.717, 1.165) is 29.6 Å². The molecule has 1 aliphatic carbocycles. The summed E-state index contributed by atoms with van der Waals surface area (Å²) in [5.74, 6) is 0.993. The fraction of sp³-hybridized carbons (Fsp3) is 0.667. The number of aromatic nitrogens is 1. The van der Waals surface area contributed by atoms with E-state index < -0.39 is 0 Å². The van der Waals surface area contributed by atoms with E-state index in [0.29, 0.717) is 6.04 Å². The lowest BCUT2D eigenvalue weighted by atomic mass is 9.96. The first-order valence-corrected chi connectivity index (χ1v) is 7.33. The second-order valence-electron chi connectivity index (χ2n) is 6.67. The summed E-state index contributed by atoms with van der Waals surface area (Å²) in [6.07, 6.45) is 2.56. The zero-order valence-electron chi connectivity index (χ0n) is 12.3. The molecule has 0 unspecified atom stereocenters. The van der Waals surface area contributed by atoms with Crippen LogP contribution in [0.2, 0.25) is 5.02 Å². The molecule has 1 heterocycles. The predicted molar refractivity (Wildman–Crippen MR) is 81.8 cm³/mol. The molecule has 1 aliphatic rings. The Morgan fingerprint density at radius 2 is 2.05 bits per heavy atom. The van der Waals surface area contributed by atoms with Gasteiger partial charge in [-0.3, -0.25) is 0 Å². The number of anilines is 1. The second-order valence-corrected chi connectivity index (χ2v) is 7.08. The molecule has 0 spiro atoms. The van der Waals surface area contributed by atoms with Crippen LogP contribution in [0, 0.1) is 5.41 Å². The number of rotatable bonds is 5. The highest BCUT2D eigenvalue weighted by Crippen LogP contribution is 2.24. The van der Waals surface area contributed by atoms with Crippen LogP contribution in [-0.2, 0) is 6.54 Å². The minimum absolute atomic E-state index is 0.252. The SMILES string of the molecule is CN(CC(C)(C)C)c1ccc(Cl)c(CNC2CC2)n1. The first-order valence-electron chi connectivity index (χ1n) is 6.95. The zero-order chi connectivity index (χ0) is 14.0. The van der Waals surface area contributed by atoms with Crippen LogP contribution in [0.1, 0.15) is 39.3 Å². The van der Waals surface area contributed by atoms with Crippen molar-refractivity contribution in [1.29, 1.82) is 0 Å². The minimum atomic E-state index is 0.252. The summed E-state index contributed by atoms with van der Waals surface area (Å²) in [5, 5.41) is 4.21. The van der Waals surface area contributed by atoms with E-state index in [2.05, 4.69) is 43.0 Å². The molecule has 1 aromatic heterocycles. The average Bonchev–Trinajstić information content (AvgIpc) is 3.09. The number of nitrogens with one attached hydrogen (secondary N) is 1. The van der Waals surface area contributed by atoms with Crippen LogP contribution in [0.4, 0.5) is 5.82 Å². The average molecular weight is 282 g/mol. The number of pyridine rings is 1. The Balaban J connectivity index is 2.05. The maximum absolute atomic E-state index is 6.22. The summed E-state index contributed by atoms with van der Waals surface area (Å²) in [6.45, 7) is 8.43. The molecule has 106 valence electrons. The summed E-state index contributed by atoms with van der Waals surface area (Å²) >= 11 is 6.22. The molecule has 0 saturated heterocycles. The van der Waals surface area contributed by atoms with E-state index in [1.165, 1.54) is 12.8 Å². The Kier molecular flexibility index (Phi) is 4.36. The highest BCUT2D eigenvalue weighted by Gasteiger charge is 2.21. The third-order valence-electron chi connectivity index (χ3n) is 3.14. The van der Waals surface area contributed by atoms with Gasteiger partial charge in [0, 0.05) is 26.2 Å². The molecule has 0 atom stereocenters. The Morgan fingerprint density at radius 1 is 1.37 bits per heavy atom. The summed E-state index contributed by atoms with van der Waals surface area (Å²) in [4.78, 5) is 6.88. The van der Waals surface area contributed by atoms with Gasteiger partial charge in [-0.2, -0.15) is 0 Å². The van der Waals surface area contributed by atoms with Gasteiger partial charge in [-0.05, 0) is 30.4 Å². The van der Waals surface area contributed by atoms with Gasteiger partial charge >= 0.3 is 0 Å². The van der Waals surface area contributed by atoms with Gasteiger partial charge in [0.05, 0.1) is 10.7 Å². The van der Waals surface area contributed by atoms with Crippen molar-refractivity contribution >= 4 is 17.4 Å². The third-order valence-corrected chi connectivity index (χ3v) is 3.49. The first kappa shape index (κ1) is 14.6. The van der Waals surface area contributed by atoms with Crippen LogP contribution < -0.4 is 10.2 Å². The van der Waals surface area contributed by atoms with E-state index in [-0.39, 0.29) is 5.41 Å². The molecule has 0 radical (unpaired) electrons. The summed E-state index contributed by atoms with van der Waals surface area (Å²) in [7, 11) is 2.08. The van der Waals surface area contributed by atoms with E-state index in [1.54, 1.807) is 0 Å². The Labute approximate surface area is 121 Å². The van der Waals surface area contributed by atoms with Crippen molar-refractivity contribution in [1.82, 2.24) is 10.3 Å². The maximum Gasteiger partial charge on any atom is 0.128 e. The Bertz CT molecular complexity index is 436. The van der Waals surface area contributed by atoms with Crippen LogP contribution in [0.15, 0.2) is 12.1 Å². The molecule has 19 heavy (non-hydrogen) atoms. The summed E-state index contributed by atoms with van der Waals surface area (Å²) in [6, 6.07) is 4.62. The lowest BCUT2D eigenvalue weighted by molar-refractivity contribution is 0.417. The van der Waals surface area contributed by atoms with Crippen LogP contribution >= 0.6 is 11.6 Å². The standard InChI is InChI=1S/C15H24ClN3/c1-15(2,3)10-19(4)14-8-7-12(16)13(18-14)9-17-11-5-6-11/h7-8,11,17H,5-6,9-10H2,1-4H3. The monoisotopic (exact) mass is 281 g/mol. The van der Waals surface area contributed by atoms with Gasteiger partial charge in [-0.15, -0.1) is 0 Å². The highest BCUT2D eigenvalue weighted by atomic mass is 35.5. The van der Waals surface area contributed by atoms with E-state index in [4.69, 9.17) is 11.6 Å². The lowest BCUT2D eigenvalue weighted by Crippen LogP contribution is -2.30. The van der Waals surface area contributed by atoms with Crippen molar-refractivity contribution in [2.45, 2.75) is 46.2 Å². The molecular formula is C15H24ClN3. The quantitative estimate of drug-likeness (QED) is 0.896. The molecule has 0 aromatic carbocycles. The number of hydrogen-bond acceptors (Lipinski definition) is 3. The molecule has 1 fully saturated rings. The van der Waals surface area contributed by atoms with Crippen LogP contribution in [0.5, 0.6) is 0 Å². The molecule has 1 N–H and O–H groups in total. The predicted octanol–water partition coefficient (Wildman–Crippen LogP) is 3.47. The van der Waals surface area contributed by atoms with Crippen LogP contribution in [-0.4, -0.2) is 24.6 Å². The van der Waals surface area contributed by atoms with Gasteiger partial charge in [-0.1, -0.05) is 32.4 Å². The molecule has 4 heteroatoms. The maximum atomic E-state index is 6.22. The van der Waals surface area contributed by atoms with Crippen molar-refractivity contribution in [3.05, 3.63) is 22.8 Å². The number of hydrogen-bond donors (Lipinski definition) is 1. The Hall–Kier alpha value is -0.800. The normalized spacial score (nSPS) is 15.6. The summed E-state index contributed by atoms with van der Waals surface area (Å²) in [5.41, 5.74) is 1.20. The molecule has 0 aliphatic heterocycles. The van der Waals surface area contributed by atoms with Crippen molar-refractivity contribution in [3.8, 4) is 0 Å². The highest BCUT2D eigenvalue weighted by molar-refractivity contribution is 6.31. The van der Waals surface area contributed by atoms with Gasteiger partial charge in [0.15, 0.2) is 0 Å². The van der Waals surface area contributed by atoms with Gasteiger partial charge in [-0.25, -0.2) is 4.98 Å². The smallest absolute Gasteiger partial charge is 0.128 e. The first-order chi connectivity index (χ1) is 8.85. The molecule has 2 rings (SSSR count). The van der Waals surface area contributed by atoms with Gasteiger partial charge in [0.1, 0.15) is 5.82 Å². The topological polar surface area (TPSA) is 28.2 Å². The van der Waals surface area contributed by atoms with E-state index in [9.17, 15) is 0 Å². The zero-order valence-corrected chi connectivity index (χ0v) is 13.1. The molecule has 0 amide bonds. The molecule has 3 nitrogen and oxygen atoms in total. The van der Waals surface area contributed by atoms with Crippen molar-refractivity contribution in [3.63, 3.8) is 0 Å². The van der Waals surface area contributed by atoms with Gasteiger partial charge in [0.25, 0.3) is 0 Å². The van der Waals surface area contributed by atoms with Crippen molar-refractivity contribution < 1.29 is 0 Å². The van der Waals surface area contributed by atoms with Crippen LogP contribution in [0.3, 0.4) is 0 Å². The van der Waals surface area contributed by atoms with Crippen molar-refractivity contribution in [2.75, 3.05) is 18.5 Å². The van der Waals surface area contributed by atoms with E-state index in [1.807, 2.05) is 12.1 Å². The molecule has 1 aromatic rings. The van der Waals surface area contributed by atoms with Crippen LogP contribution in [0.25, 0.3) is 0 Å². The van der Waals surface area contributed by atoms with Gasteiger partial charge in [0.2, 0.25) is 0 Å². The molecule has 0 bridgehead atoms. The van der Waals surface area contributed by atoms with Gasteiger partial charge < -0.3 is 10.2 Å². The Morgan fingerprint density at radius 3 is 2.63 bits per heavy atom. The lowest BCUT2D eigenvalue weighted by Gasteiger charge is -2.27. The molecular weight excluding hydrogens is 258 g/mol. The number of halogens is 1. The fourth-order valence-corrected chi connectivity index (χ4v) is 2.30. The fourth-order valence-electron chi connectivity index (χ4n) is 2.13. The van der Waals surface area contributed by atoms with Crippen molar-refractivity contribution in [2.24, 2.45) is 5.41 Å². The third kappa shape index (κ3) is 4.66. The molecule has 1 saturated carbocycles. The minimum Gasteiger partial charge on any atom is -0.359 e. The second kappa shape index (κ2) is 5.68. The number of nitrogens with zero attached hydrogens (tertiary/aromatic N) is 2. The largest absolute Gasteiger partial charge is 0.359 e. The summed E-state index contributed by atoms with van der Waals surface area (Å²) < 4.78 is 0. The van der Waals surface area contributed by atoms with E-state index >= 15 is 0 Å².